The van der Waals surface area contributed by atoms with Crippen LogP contribution < -0.4 is 5.56 Å². The lowest BCUT2D eigenvalue weighted by atomic mass is 9.92. The number of amides is 1. The number of Topliss-reactive ketones (excluding diaryl/α,β-unsaturated/α-hetero) is 1. The standard InChI is InChI=1S/C31H31N3O3S/c1-31(2,3)27(35)20-38-30-32-26-17-23(28(36)33-16-15-22-11-7-8-12-24(22)19-33)13-14-25(26)29(37)34(30)18-21-9-5-4-6-10-21/h4-14,17H,15-16,18-20H2,1-3H3. The van der Waals surface area contributed by atoms with E-state index >= 15 is 0 Å². The molecular formula is C31H31N3O3S. The monoisotopic (exact) mass is 525 g/mol. The molecule has 3 aromatic carbocycles. The molecule has 1 aliphatic heterocycles. The Hall–Kier alpha value is -3.71. The maximum Gasteiger partial charge on any atom is 0.262 e. The molecular weight excluding hydrogens is 494 g/mol. The Bertz CT molecular complexity index is 1570. The summed E-state index contributed by atoms with van der Waals surface area (Å²) in [5.74, 6) is 0.216. The maximum atomic E-state index is 13.6. The summed E-state index contributed by atoms with van der Waals surface area (Å²) < 4.78 is 1.63. The van der Waals surface area contributed by atoms with E-state index in [0.717, 1.165) is 17.5 Å². The molecule has 1 amide bonds. The van der Waals surface area contributed by atoms with E-state index in [1.54, 1.807) is 22.8 Å². The van der Waals surface area contributed by atoms with Gasteiger partial charge in [0.25, 0.3) is 11.5 Å². The van der Waals surface area contributed by atoms with E-state index in [1.165, 1.54) is 17.3 Å². The van der Waals surface area contributed by atoms with Crippen LogP contribution in [0.4, 0.5) is 0 Å². The first kappa shape index (κ1) is 25.9. The quantitative estimate of drug-likeness (QED) is 0.251. The predicted octanol–water partition coefficient (Wildman–Crippen LogP) is 5.35. The third kappa shape index (κ3) is 5.43. The molecule has 7 heteroatoms. The zero-order valence-corrected chi connectivity index (χ0v) is 22.8. The molecule has 0 spiro atoms. The number of carbonyl (C=O) groups excluding carboxylic acids is 2. The zero-order valence-electron chi connectivity index (χ0n) is 21.9. The Balaban J connectivity index is 1.50. The van der Waals surface area contributed by atoms with Gasteiger partial charge in [-0.2, -0.15) is 0 Å². The minimum Gasteiger partial charge on any atom is -0.334 e. The van der Waals surface area contributed by atoms with Crippen molar-refractivity contribution in [3.63, 3.8) is 0 Å². The van der Waals surface area contributed by atoms with Gasteiger partial charge in [0.15, 0.2) is 5.16 Å². The van der Waals surface area contributed by atoms with Crippen LogP contribution in [-0.2, 0) is 24.3 Å². The first-order valence-corrected chi connectivity index (χ1v) is 13.8. The summed E-state index contributed by atoms with van der Waals surface area (Å²) in [7, 11) is 0. The summed E-state index contributed by atoms with van der Waals surface area (Å²) >= 11 is 1.27. The number of carbonyl (C=O) groups is 2. The smallest absolute Gasteiger partial charge is 0.262 e. The minimum atomic E-state index is -0.485. The van der Waals surface area contributed by atoms with Crippen molar-refractivity contribution in [3.8, 4) is 0 Å². The van der Waals surface area contributed by atoms with E-state index in [9.17, 15) is 14.4 Å². The van der Waals surface area contributed by atoms with Crippen molar-refractivity contribution in [1.82, 2.24) is 14.5 Å². The molecule has 0 saturated heterocycles. The lowest BCUT2D eigenvalue weighted by molar-refractivity contribution is -0.123. The van der Waals surface area contributed by atoms with Gasteiger partial charge in [0.05, 0.1) is 23.2 Å². The van der Waals surface area contributed by atoms with Crippen molar-refractivity contribution < 1.29 is 9.59 Å². The third-order valence-corrected chi connectivity index (χ3v) is 7.91. The van der Waals surface area contributed by atoms with Gasteiger partial charge in [-0.1, -0.05) is 87.1 Å². The van der Waals surface area contributed by atoms with E-state index in [0.29, 0.717) is 41.3 Å². The second-order valence-corrected chi connectivity index (χ2v) is 11.7. The predicted molar refractivity (Wildman–Crippen MR) is 152 cm³/mol. The van der Waals surface area contributed by atoms with Crippen molar-refractivity contribution in [2.24, 2.45) is 5.41 Å². The molecule has 0 atom stereocenters. The summed E-state index contributed by atoms with van der Waals surface area (Å²) in [5.41, 5.74) is 3.72. The van der Waals surface area contributed by atoms with Crippen LogP contribution in [0, 0.1) is 5.41 Å². The van der Waals surface area contributed by atoms with Crippen LogP contribution in [0.3, 0.4) is 0 Å². The summed E-state index contributed by atoms with van der Waals surface area (Å²) in [6.07, 6.45) is 0.820. The number of nitrogens with zero attached hydrogens (tertiary/aromatic N) is 3. The summed E-state index contributed by atoms with van der Waals surface area (Å²) in [6, 6.07) is 23.1. The second-order valence-electron chi connectivity index (χ2n) is 10.7. The molecule has 0 radical (unpaired) electrons. The highest BCUT2D eigenvalue weighted by atomic mass is 32.2. The van der Waals surface area contributed by atoms with Gasteiger partial charge >= 0.3 is 0 Å². The number of aromatic nitrogens is 2. The molecule has 38 heavy (non-hydrogen) atoms. The van der Waals surface area contributed by atoms with Crippen LogP contribution >= 0.6 is 11.8 Å². The molecule has 194 valence electrons. The molecule has 1 aliphatic rings. The molecule has 0 fully saturated rings. The van der Waals surface area contributed by atoms with Crippen LogP contribution in [-0.4, -0.2) is 38.4 Å². The van der Waals surface area contributed by atoms with Gasteiger partial charge in [-0.05, 0) is 41.3 Å². The van der Waals surface area contributed by atoms with Crippen molar-refractivity contribution >= 4 is 34.4 Å². The number of hydrogen-bond donors (Lipinski definition) is 0. The maximum absolute atomic E-state index is 13.6. The molecule has 2 heterocycles. The Kier molecular flexibility index (Phi) is 7.21. The Morgan fingerprint density at radius 3 is 2.39 bits per heavy atom. The lowest BCUT2D eigenvalue weighted by Gasteiger charge is -2.29. The molecule has 0 aliphatic carbocycles. The molecule has 6 nitrogen and oxygen atoms in total. The van der Waals surface area contributed by atoms with Gasteiger partial charge in [0, 0.05) is 24.1 Å². The lowest BCUT2D eigenvalue weighted by Crippen LogP contribution is -2.36. The fraction of sp³-hybridized carbons (Fsp3) is 0.290. The number of fused-ring (bicyclic) bond motifs is 2. The molecule has 0 bridgehead atoms. The third-order valence-electron chi connectivity index (χ3n) is 6.94. The highest BCUT2D eigenvalue weighted by molar-refractivity contribution is 7.99. The van der Waals surface area contributed by atoms with E-state index in [1.807, 2.05) is 68.1 Å². The first-order chi connectivity index (χ1) is 18.2. The Morgan fingerprint density at radius 1 is 0.947 bits per heavy atom. The molecule has 0 saturated carbocycles. The van der Waals surface area contributed by atoms with Gasteiger partial charge < -0.3 is 4.90 Å². The summed E-state index contributed by atoms with van der Waals surface area (Å²) in [5, 5.41) is 0.924. The molecule has 4 aromatic rings. The number of benzene rings is 3. The Morgan fingerprint density at radius 2 is 1.66 bits per heavy atom. The van der Waals surface area contributed by atoms with Gasteiger partial charge in [-0.25, -0.2) is 4.98 Å². The van der Waals surface area contributed by atoms with E-state index < -0.39 is 5.41 Å². The number of ketones is 1. The fourth-order valence-corrected chi connectivity index (χ4v) is 5.71. The SMILES string of the molecule is CC(C)(C)C(=O)CSc1nc2cc(C(=O)N3CCc4ccccc4C3)ccc2c(=O)n1Cc1ccccc1. The van der Waals surface area contributed by atoms with Crippen LogP contribution in [0.1, 0.15) is 47.8 Å². The van der Waals surface area contributed by atoms with E-state index in [-0.39, 0.29) is 23.0 Å². The molecule has 1 aromatic heterocycles. The van der Waals surface area contributed by atoms with E-state index in [2.05, 4.69) is 12.1 Å². The highest BCUT2D eigenvalue weighted by Crippen LogP contribution is 2.25. The van der Waals surface area contributed by atoms with Gasteiger partial charge in [-0.15, -0.1) is 0 Å². The summed E-state index contributed by atoms with van der Waals surface area (Å²) in [6.45, 7) is 7.22. The van der Waals surface area contributed by atoms with Gasteiger partial charge in [0.2, 0.25) is 0 Å². The van der Waals surface area contributed by atoms with Crippen LogP contribution in [0.15, 0.2) is 82.7 Å². The van der Waals surface area contributed by atoms with Crippen molar-refractivity contribution in [3.05, 3.63) is 105 Å². The number of rotatable bonds is 6. The topological polar surface area (TPSA) is 72.3 Å². The summed E-state index contributed by atoms with van der Waals surface area (Å²) in [4.78, 5) is 46.4. The normalized spacial score (nSPS) is 13.4. The average Bonchev–Trinajstić information content (AvgIpc) is 2.92. The first-order valence-electron chi connectivity index (χ1n) is 12.8. The molecule has 5 rings (SSSR count). The minimum absolute atomic E-state index is 0.0752. The fourth-order valence-electron chi connectivity index (χ4n) is 4.55. The van der Waals surface area contributed by atoms with Crippen LogP contribution in [0.2, 0.25) is 0 Å². The zero-order chi connectivity index (χ0) is 26.9. The molecule has 0 unspecified atom stereocenters. The Labute approximate surface area is 226 Å². The van der Waals surface area contributed by atoms with Crippen molar-refractivity contribution in [2.45, 2.75) is 45.4 Å². The van der Waals surface area contributed by atoms with Gasteiger partial charge in [-0.3, -0.25) is 19.0 Å². The average molecular weight is 526 g/mol. The highest BCUT2D eigenvalue weighted by Gasteiger charge is 2.24. The van der Waals surface area contributed by atoms with Gasteiger partial charge in [0.1, 0.15) is 5.78 Å². The molecule has 0 N–H and O–H groups in total. The largest absolute Gasteiger partial charge is 0.334 e. The number of thioether (sulfide) groups is 1. The van der Waals surface area contributed by atoms with E-state index in [4.69, 9.17) is 4.98 Å². The van der Waals surface area contributed by atoms with Crippen LogP contribution in [0.25, 0.3) is 10.9 Å². The second kappa shape index (κ2) is 10.6. The van der Waals surface area contributed by atoms with Crippen molar-refractivity contribution in [2.75, 3.05) is 12.3 Å². The van der Waals surface area contributed by atoms with Crippen molar-refractivity contribution in [1.29, 1.82) is 0 Å². The number of hydrogen-bond acceptors (Lipinski definition) is 5. The van der Waals surface area contributed by atoms with Crippen LogP contribution in [0.5, 0.6) is 0 Å².